The summed E-state index contributed by atoms with van der Waals surface area (Å²) in [7, 11) is 0. The Kier molecular flexibility index (Phi) is 5.07. The average molecular weight is 270 g/mol. The summed E-state index contributed by atoms with van der Waals surface area (Å²) in [6, 6.07) is 0. The smallest absolute Gasteiger partial charge is 0.308 e. The topological polar surface area (TPSA) is 24.9 Å². The summed E-state index contributed by atoms with van der Waals surface area (Å²) >= 11 is 3.01. The Morgan fingerprint density at radius 1 is 1.56 bits per heavy atom. The summed E-state index contributed by atoms with van der Waals surface area (Å²) in [5.74, 6) is 0. The number of thiazole rings is 1. The SMILES string of the molecule is Cc1csc(SC(C)CNCC(F)(F)F)n1. The number of thioether (sulfide) groups is 1. The number of hydrogen-bond acceptors (Lipinski definition) is 4. The Hall–Kier alpha value is -0.270. The molecular formula is C9H13F3N2S2. The monoisotopic (exact) mass is 270 g/mol. The highest BCUT2D eigenvalue weighted by molar-refractivity contribution is 8.01. The molecule has 1 rings (SSSR count). The van der Waals surface area contributed by atoms with Gasteiger partial charge in [-0.15, -0.1) is 11.3 Å². The molecule has 0 fully saturated rings. The normalized spacial score (nSPS) is 14.1. The standard InChI is InChI=1S/C9H13F3N2S2/c1-6-4-15-8(14-6)16-7(2)3-13-5-9(10,11)12/h4,7,13H,3,5H2,1-2H3. The third-order valence-electron chi connectivity index (χ3n) is 1.66. The summed E-state index contributed by atoms with van der Waals surface area (Å²) in [5, 5.41) is 4.39. The van der Waals surface area contributed by atoms with Crippen molar-refractivity contribution in [3.8, 4) is 0 Å². The lowest BCUT2D eigenvalue weighted by molar-refractivity contribution is -0.124. The molecule has 0 aliphatic rings. The van der Waals surface area contributed by atoms with Crippen LogP contribution in [-0.2, 0) is 0 Å². The molecule has 16 heavy (non-hydrogen) atoms. The molecule has 0 aliphatic carbocycles. The van der Waals surface area contributed by atoms with E-state index in [1.807, 2.05) is 19.2 Å². The summed E-state index contributed by atoms with van der Waals surface area (Å²) in [5.41, 5.74) is 0.947. The molecule has 7 heteroatoms. The van der Waals surface area contributed by atoms with Crippen LogP contribution < -0.4 is 5.32 Å². The van der Waals surface area contributed by atoms with Gasteiger partial charge in [-0.3, -0.25) is 0 Å². The first-order valence-corrected chi connectivity index (χ1v) is 6.49. The van der Waals surface area contributed by atoms with Crippen molar-refractivity contribution in [1.82, 2.24) is 10.3 Å². The summed E-state index contributed by atoms with van der Waals surface area (Å²) in [4.78, 5) is 4.24. The number of aromatic nitrogens is 1. The van der Waals surface area contributed by atoms with Crippen molar-refractivity contribution in [1.29, 1.82) is 0 Å². The zero-order valence-corrected chi connectivity index (χ0v) is 10.6. The fourth-order valence-corrected chi connectivity index (χ4v) is 3.14. The lowest BCUT2D eigenvalue weighted by Crippen LogP contribution is -2.32. The second-order valence-corrected chi connectivity index (χ2v) is 5.97. The van der Waals surface area contributed by atoms with Crippen LogP contribution in [0.2, 0.25) is 0 Å². The van der Waals surface area contributed by atoms with Crippen LogP contribution in [0.4, 0.5) is 13.2 Å². The van der Waals surface area contributed by atoms with Gasteiger partial charge in [-0.2, -0.15) is 13.2 Å². The molecule has 0 aromatic carbocycles. The van der Waals surface area contributed by atoms with Crippen molar-refractivity contribution in [2.45, 2.75) is 29.6 Å². The highest BCUT2D eigenvalue weighted by Crippen LogP contribution is 2.26. The average Bonchev–Trinajstić information content (AvgIpc) is 2.48. The predicted molar refractivity (Wildman–Crippen MR) is 61.1 cm³/mol. The number of rotatable bonds is 5. The second-order valence-electron chi connectivity index (χ2n) is 3.43. The molecule has 0 spiro atoms. The fraction of sp³-hybridized carbons (Fsp3) is 0.667. The van der Waals surface area contributed by atoms with Crippen LogP contribution in [0.5, 0.6) is 0 Å². The highest BCUT2D eigenvalue weighted by atomic mass is 32.2. The third kappa shape index (κ3) is 5.72. The van der Waals surface area contributed by atoms with Gasteiger partial charge in [-0.1, -0.05) is 18.7 Å². The van der Waals surface area contributed by atoms with Crippen molar-refractivity contribution in [2.24, 2.45) is 0 Å². The number of nitrogens with one attached hydrogen (secondary N) is 1. The lowest BCUT2D eigenvalue weighted by atomic mass is 10.4. The van der Waals surface area contributed by atoms with E-state index >= 15 is 0 Å². The van der Waals surface area contributed by atoms with Crippen molar-refractivity contribution in [3.05, 3.63) is 11.1 Å². The lowest BCUT2D eigenvalue weighted by Gasteiger charge is -2.12. The molecule has 1 aromatic heterocycles. The minimum absolute atomic E-state index is 0.0768. The maximum Gasteiger partial charge on any atom is 0.401 e. The van der Waals surface area contributed by atoms with E-state index in [2.05, 4.69) is 10.3 Å². The van der Waals surface area contributed by atoms with Crippen LogP contribution in [0.1, 0.15) is 12.6 Å². The van der Waals surface area contributed by atoms with E-state index in [-0.39, 0.29) is 5.25 Å². The van der Waals surface area contributed by atoms with E-state index in [4.69, 9.17) is 0 Å². The third-order valence-corrected chi connectivity index (χ3v) is 3.85. The van der Waals surface area contributed by atoms with E-state index in [0.29, 0.717) is 6.54 Å². The van der Waals surface area contributed by atoms with Crippen molar-refractivity contribution < 1.29 is 13.2 Å². The zero-order chi connectivity index (χ0) is 12.2. The van der Waals surface area contributed by atoms with Gasteiger partial charge >= 0.3 is 6.18 Å². The molecule has 0 saturated carbocycles. The molecule has 92 valence electrons. The van der Waals surface area contributed by atoms with E-state index < -0.39 is 12.7 Å². The number of hydrogen-bond donors (Lipinski definition) is 1. The fourth-order valence-electron chi connectivity index (χ4n) is 1.02. The second kappa shape index (κ2) is 5.88. The van der Waals surface area contributed by atoms with Gasteiger partial charge in [0, 0.05) is 22.9 Å². The number of aryl methyl sites for hydroxylation is 1. The van der Waals surface area contributed by atoms with Crippen LogP contribution >= 0.6 is 23.1 Å². The molecule has 1 unspecified atom stereocenters. The number of halogens is 3. The molecule has 2 nitrogen and oxygen atoms in total. The summed E-state index contributed by atoms with van der Waals surface area (Å²) in [6.45, 7) is 3.16. The Morgan fingerprint density at radius 2 is 2.25 bits per heavy atom. The zero-order valence-electron chi connectivity index (χ0n) is 8.97. The first-order chi connectivity index (χ1) is 7.37. The van der Waals surface area contributed by atoms with Crippen molar-refractivity contribution in [3.63, 3.8) is 0 Å². The number of alkyl halides is 3. The molecule has 0 amide bonds. The van der Waals surface area contributed by atoms with Gasteiger partial charge in [-0.25, -0.2) is 4.98 Å². The van der Waals surface area contributed by atoms with Gasteiger partial charge in [0.25, 0.3) is 0 Å². The quantitative estimate of drug-likeness (QED) is 0.832. The molecule has 1 atom stereocenters. The van der Waals surface area contributed by atoms with E-state index in [1.54, 1.807) is 0 Å². The molecule has 1 heterocycles. The van der Waals surface area contributed by atoms with Gasteiger partial charge in [0.2, 0.25) is 0 Å². The van der Waals surface area contributed by atoms with Crippen LogP contribution in [0.3, 0.4) is 0 Å². The summed E-state index contributed by atoms with van der Waals surface area (Å²) < 4.78 is 36.5. The van der Waals surface area contributed by atoms with Crippen molar-refractivity contribution in [2.75, 3.05) is 13.1 Å². The van der Waals surface area contributed by atoms with Crippen LogP contribution in [0.25, 0.3) is 0 Å². The minimum atomic E-state index is -4.14. The van der Waals surface area contributed by atoms with Gasteiger partial charge in [0.05, 0.1) is 6.54 Å². The van der Waals surface area contributed by atoms with Crippen LogP contribution in [0.15, 0.2) is 9.72 Å². The largest absolute Gasteiger partial charge is 0.401 e. The maximum atomic E-state index is 11.9. The number of nitrogens with zero attached hydrogens (tertiary/aromatic N) is 1. The van der Waals surface area contributed by atoms with Crippen molar-refractivity contribution >= 4 is 23.1 Å². The van der Waals surface area contributed by atoms with Crippen LogP contribution in [-0.4, -0.2) is 29.5 Å². The van der Waals surface area contributed by atoms with Gasteiger partial charge in [0.15, 0.2) is 0 Å². The first kappa shape index (κ1) is 13.8. The van der Waals surface area contributed by atoms with E-state index in [0.717, 1.165) is 10.0 Å². The Morgan fingerprint density at radius 3 is 2.75 bits per heavy atom. The van der Waals surface area contributed by atoms with E-state index in [1.165, 1.54) is 23.1 Å². The van der Waals surface area contributed by atoms with E-state index in [9.17, 15) is 13.2 Å². The van der Waals surface area contributed by atoms with Gasteiger partial charge in [-0.05, 0) is 6.92 Å². The molecule has 0 bridgehead atoms. The Labute approximate surface area is 101 Å². The van der Waals surface area contributed by atoms with Crippen LogP contribution in [0, 0.1) is 6.92 Å². The van der Waals surface area contributed by atoms with Gasteiger partial charge in [0.1, 0.15) is 4.34 Å². The summed E-state index contributed by atoms with van der Waals surface area (Å²) in [6.07, 6.45) is -4.14. The minimum Gasteiger partial charge on any atom is -0.308 e. The first-order valence-electron chi connectivity index (χ1n) is 4.73. The predicted octanol–water partition coefficient (Wildman–Crippen LogP) is 3.08. The molecule has 1 aromatic rings. The molecule has 0 aliphatic heterocycles. The highest BCUT2D eigenvalue weighted by Gasteiger charge is 2.26. The Bertz CT molecular complexity index is 325. The molecular weight excluding hydrogens is 257 g/mol. The Balaban J connectivity index is 2.23. The molecule has 1 N–H and O–H groups in total. The van der Waals surface area contributed by atoms with Gasteiger partial charge < -0.3 is 5.32 Å². The maximum absolute atomic E-state index is 11.9. The molecule has 0 saturated heterocycles. The molecule has 0 radical (unpaired) electrons.